The number of alkyl halides is 3. The van der Waals surface area contributed by atoms with Gasteiger partial charge in [-0.2, -0.15) is 13.2 Å². The molecule has 6 nitrogen and oxygen atoms in total. The first-order valence-electron chi connectivity index (χ1n) is 11.4. The molecule has 0 spiro atoms. The second kappa shape index (κ2) is 9.51. The van der Waals surface area contributed by atoms with Crippen molar-refractivity contribution in [3.8, 4) is 16.9 Å². The molecule has 10 heteroatoms. The van der Waals surface area contributed by atoms with Gasteiger partial charge >= 0.3 is 6.18 Å². The van der Waals surface area contributed by atoms with E-state index in [4.69, 9.17) is 4.74 Å². The van der Waals surface area contributed by atoms with Crippen molar-refractivity contribution < 1.29 is 26.3 Å². The molecule has 1 N–H and O–H groups in total. The summed E-state index contributed by atoms with van der Waals surface area (Å²) < 4.78 is 74.0. The summed E-state index contributed by atoms with van der Waals surface area (Å²) in [6.45, 7) is 0. The Labute approximate surface area is 212 Å². The van der Waals surface area contributed by atoms with E-state index in [0.717, 1.165) is 22.8 Å². The molecule has 190 valence electrons. The topological polar surface area (TPSA) is 81.2 Å². The van der Waals surface area contributed by atoms with Gasteiger partial charge in [-0.15, -0.1) is 0 Å². The minimum Gasteiger partial charge on any atom is -0.497 e. The molecule has 1 aromatic heterocycles. The minimum atomic E-state index is -4.48. The third kappa shape index (κ3) is 5.01. The number of sulfonamides is 1. The monoisotopic (exact) mass is 525 g/mol. The Morgan fingerprint density at radius 2 is 1.65 bits per heavy atom. The van der Waals surface area contributed by atoms with Crippen molar-refractivity contribution in [3.05, 3.63) is 101 Å². The molecule has 0 saturated heterocycles. The van der Waals surface area contributed by atoms with E-state index in [1.807, 2.05) is 0 Å². The molecule has 1 heterocycles. The zero-order valence-corrected chi connectivity index (χ0v) is 20.5. The van der Waals surface area contributed by atoms with E-state index < -0.39 is 21.8 Å². The number of benzene rings is 3. The normalized spacial score (nSPS) is 15.3. The highest BCUT2D eigenvalue weighted by Gasteiger charge is 2.33. The van der Waals surface area contributed by atoms with Gasteiger partial charge < -0.3 is 4.74 Å². The molecule has 1 unspecified atom stereocenters. The zero-order chi connectivity index (χ0) is 26.2. The van der Waals surface area contributed by atoms with E-state index in [0.29, 0.717) is 29.7 Å². The Kier molecular flexibility index (Phi) is 6.36. The van der Waals surface area contributed by atoms with Gasteiger partial charge in [0.15, 0.2) is 0 Å². The standard InChI is InChI=1S/C27H22F3N3O3S/c1-36-20-7-3-17(4-8-20)25-16-19(27(28,29)30)6-11-24(25)23-10-5-18-15-21(9-12-22(18)23)37(34,35)33-26-31-13-2-14-32-26/h2-4,6-9,11-16,23H,5,10H2,1H3,(H,31,32,33). The van der Waals surface area contributed by atoms with Crippen LogP contribution in [0.25, 0.3) is 11.1 Å². The third-order valence-corrected chi connectivity index (χ3v) is 7.78. The molecule has 0 saturated carbocycles. The van der Waals surface area contributed by atoms with E-state index in [1.54, 1.807) is 42.5 Å². The van der Waals surface area contributed by atoms with Crippen molar-refractivity contribution in [2.45, 2.75) is 29.8 Å². The van der Waals surface area contributed by atoms with Crippen LogP contribution in [0.15, 0.2) is 84.0 Å². The Morgan fingerprint density at radius 3 is 2.32 bits per heavy atom. The maximum absolute atomic E-state index is 13.6. The zero-order valence-electron chi connectivity index (χ0n) is 19.7. The average Bonchev–Trinajstić information content (AvgIpc) is 3.31. The van der Waals surface area contributed by atoms with E-state index in [1.165, 1.54) is 37.7 Å². The summed E-state index contributed by atoms with van der Waals surface area (Å²) in [6, 6.07) is 17.1. The van der Waals surface area contributed by atoms with Crippen molar-refractivity contribution in [3.63, 3.8) is 0 Å². The number of nitrogens with one attached hydrogen (secondary N) is 1. The molecule has 37 heavy (non-hydrogen) atoms. The van der Waals surface area contributed by atoms with Crippen LogP contribution in [0, 0.1) is 0 Å². The van der Waals surface area contributed by atoms with Crippen LogP contribution in [0.5, 0.6) is 5.75 Å². The highest BCUT2D eigenvalue weighted by Crippen LogP contribution is 2.44. The highest BCUT2D eigenvalue weighted by molar-refractivity contribution is 7.92. The molecule has 0 bridgehead atoms. The molecule has 0 aliphatic heterocycles. The van der Waals surface area contributed by atoms with E-state index in [9.17, 15) is 21.6 Å². The summed E-state index contributed by atoms with van der Waals surface area (Å²) in [5.74, 6) is 0.387. The number of nitrogens with zero attached hydrogens (tertiary/aromatic N) is 2. The molecule has 1 aliphatic carbocycles. The molecule has 4 aromatic rings. The fraction of sp³-hybridized carbons (Fsp3) is 0.185. The predicted octanol–water partition coefficient (Wildman–Crippen LogP) is 6.05. The molecule has 1 aliphatic rings. The van der Waals surface area contributed by atoms with E-state index in [-0.39, 0.29) is 16.8 Å². The third-order valence-electron chi connectivity index (χ3n) is 6.45. The molecule has 0 radical (unpaired) electrons. The number of aryl methyl sites for hydroxylation is 1. The van der Waals surface area contributed by atoms with Gasteiger partial charge in [0.05, 0.1) is 17.6 Å². The summed E-state index contributed by atoms with van der Waals surface area (Å²) in [4.78, 5) is 7.87. The molecule has 0 fully saturated rings. The lowest BCUT2D eigenvalue weighted by Gasteiger charge is -2.20. The van der Waals surface area contributed by atoms with Gasteiger partial charge in [0.2, 0.25) is 5.95 Å². The van der Waals surface area contributed by atoms with Gasteiger partial charge in [-0.1, -0.05) is 24.3 Å². The van der Waals surface area contributed by atoms with Crippen molar-refractivity contribution in [1.29, 1.82) is 0 Å². The summed E-state index contributed by atoms with van der Waals surface area (Å²) in [6.07, 6.45) is -0.381. The van der Waals surface area contributed by atoms with Crippen molar-refractivity contribution in [2.75, 3.05) is 11.8 Å². The lowest BCUT2D eigenvalue weighted by molar-refractivity contribution is -0.137. The fourth-order valence-corrected chi connectivity index (χ4v) is 5.68. The van der Waals surface area contributed by atoms with Crippen LogP contribution >= 0.6 is 0 Å². The minimum absolute atomic E-state index is 0.0326. The van der Waals surface area contributed by atoms with Crippen LogP contribution < -0.4 is 9.46 Å². The number of rotatable bonds is 6. The van der Waals surface area contributed by atoms with Crippen LogP contribution in [-0.4, -0.2) is 25.5 Å². The number of methoxy groups -OCH3 is 1. The molecule has 0 amide bonds. The second-order valence-corrected chi connectivity index (χ2v) is 10.3. The largest absolute Gasteiger partial charge is 0.497 e. The Balaban J connectivity index is 1.53. The van der Waals surface area contributed by atoms with Gasteiger partial charge in [0.1, 0.15) is 5.75 Å². The van der Waals surface area contributed by atoms with Crippen molar-refractivity contribution in [1.82, 2.24) is 9.97 Å². The van der Waals surface area contributed by atoms with Gasteiger partial charge in [-0.05, 0) is 83.1 Å². The number of ether oxygens (including phenoxy) is 1. The first-order valence-corrected chi connectivity index (χ1v) is 12.9. The summed E-state index contributed by atoms with van der Waals surface area (Å²) in [7, 11) is -2.38. The molecule has 5 rings (SSSR count). The Morgan fingerprint density at radius 1 is 0.946 bits per heavy atom. The second-order valence-electron chi connectivity index (χ2n) is 8.66. The summed E-state index contributed by atoms with van der Waals surface area (Å²) in [5.41, 5.74) is 2.88. The molecule has 1 atom stereocenters. The first-order chi connectivity index (χ1) is 17.7. The van der Waals surface area contributed by atoms with Gasteiger partial charge in [-0.3, -0.25) is 0 Å². The van der Waals surface area contributed by atoms with Crippen LogP contribution in [0.2, 0.25) is 0 Å². The van der Waals surface area contributed by atoms with Crippen LogP contribution in [0.3, 0.4) is 0 Å². The van der Waals surface area contributed by atoms with Crippen LogP contribution in [0.1, 0.15) is 34.6 Å². The van der Waals surface area contributed by atoms with Crippen LogP contribution in [-0.2, 0) is 22.6 Å². The quantitative estimate of drug-likeness (QED) is 0.332. The van der Waals surface area contributed by atoms with Crippen molar-refractivity contribution >= 4 is 16.0 Å². The molecule has 3 aromatic carbocycles. The van der Waals surface area contributed by atoms with Crippen LogP contribution in [0.4, 0.5) is 19.1 Å². The van der Waals surface area contributed by atoms with Gasteiger partial charge in [0, 0.05) is 18.3 Å². The summed E-state index contributed by atoms with van der Waals surface area (Å²) in [5, 5.41) is 0. The lowest BCUT2D eigenvalue weighted by atomic mass is 9.86. The van der Waals surface area contributed by atoms with E-state index >= 15 is 0 Å². The SMILES string of the molecule is COc1ccc(-c2cc(C(F)(F)F)ccc2C2CCc3cc(S(=O)(=O)Nc4ncccn4)ccc32)cc1. The van der Waals surface area contributed by atoms with Gasteiger partial charge in [-0.25, -0.2) is 23.1 Å². The smallest absolute Gasteiger partial charge is 0.416 e. The molecular weight excluding hydrogens is 503 g/mol. The number of halogens is 3. The average molecular weight is 526 g/mol. The van der Waals surface area contributed by atoms with Crippen molar-refractivity contribution in [2.24, 2.45) is 0 Å². The van der Waals surface area contributed by atoms with Gasteiger partial charge in [0.25, 0.3) is 10.0 Å². The van der Waals surface area contributed by atoms with E-state index in [2.05, 4.69) is 14.7 Å². The number of hydrogen-bond acceptors (Lipinski definition) is 5. The summed E-state index contributed by atoms with van der Waals surface area (Å²) >= 11 is 0. The number of hydrogen-bond donors (Lipinski definition) is 1. The lowest BCUT2D eigenvalue weighted by Crippen LogP contribution is -2.15. The number of aromatic nitrogens is 2. The first kappa shape index (κ1) is 24.8. The number of fused-ring (bicyclic) bond motifs is 1. The Bertz CT molecular complexity index is 1540. The maximum Gasteiger partial charge on any atom is 0.416 e. The fourth-order valence-electron chi connectivity index (χ4n) is 4.67. The molecular formula is C27H22F3N3O3S. The highest BCUT2D eigenvalue weighted by atomic mass is 32.2. The maximum atomic E-state index is 13.6. The Hall–Kier alpha value is -3.92. The number of anilines is 1. The predicted molar refractivity (Wildman–Crippen MR) is 133 cm³/mol.